The molecule has 1 aliphatic carbocycles. The molecule has 0 heterocycles. The molecular formula is C17H35NO. The van der Waals surface area contributed by atoms with Crippen LogP contribution in [0.15, 0.2) is 0 Å². The summed E-state index contributed by atoms with van der Waals surface area (Å²) in [5.74, 6) is 1.85. The van der Waals surface area contributed by atoms with Crippen LogP contribution in [0.25, 0.3) is 0 Å². The molecule has 3 atom stereocenters. The lowest BCUT2D eigenvalue weighted by Gasteiger charge is -2.36. The fourth-order valence-corrected chi connectivity index (χ4v) is 3.44. The lowest BCUT2D eigenvalue weighted by molar-refractivity contribution is 0.00912. The molecule has 1 saturated carbocycles. The van der Waals surface area contributed by atoms with Gasteiger partial charge in [0.25, 0.3) is 0 Å². The van der Waals surface area contributed by atoms with Crippen molar-refractivity contribution in [3.8, 4) is 0 Å². The first-order chi connectivity index (χ1) is 9.02. The molecule has 0 aromatic rings. The summed E-state index contributed by atoms with van der Waals surface area (Å²) in [6.07, 6.45) is 9.49. The second-order valence-corrected chi connectivity index (χ2v) is 6.87. The van der Waals surface area contributed by atoms with Crippen molar-refractivity contribution < 1.29 is 4.74 Å². The topological polar surface area (TPSA) is 21.3 Å². The average Bonchev–Trinajstić information content (AvgIpc) is 2.43. The molecule has 0 aromatic heterocycles. The Bertz CT molecular complexity index is 239. The minimum absolute atomic E-state index is 0.0203. The Balaban J connectivity index is 2.51. The predicted molar refractivity (Wildman–Crippen MR) is 83.5 cm³/mol. The van der Waals surface area contributed by atoms with Gasteiger partial charge in [0.15, 0.2) is 0 Å². The summed E-state index contributed by atoms with van der Waals surface area (Å²) in [4.78, 5) is 0. The van der Waals surface area contributed by atoms with Gasteiger partial charge in [-0.3, -0.25) is 0 Å². The van der Waals surface area contributed by atoms with Crippen molar-refractivity contribution in [2.24, 2.45) is 11.8 Å². The molecule has 19 heavy (non-hydrogen) atoms. The Kier molecular flexibility index (Phi) is 7.38. The van der Waals surface area contributed by atoms with E-state index in [1.807, 2.05) is 7.11 Å². The summed E-state index contributed by atoms with van der Waals surface area (Å²) in [5.41, 5.74) is 0.0203. The SMILES string of the molecule is CCNC(CCC(C)(C)OC)C1CCCC(CC)C1. The third-order valence-corrected chi connectivity index (χ3v) is 5.05. The second kappa shape index (κ2) is 8.26. The van der Waals surface area contributed by atoms with Crippen molar-refractivity contribution in [2.75, 3.05) is 13.7 Å². The van der Waals surface area contributed by atoms with Gasteiger partial charge in [0.05, 0.1) is 5.60 Å². The summed E-state index contributed by atoms with van der Waals surface area (Å²) >= 11 is 0. The summed E-state index contributed by atoms with van der Waals surface area (Å²) in [5, 5.41) is 3.74. The Morgan fingerprint density at radius 3 is 2.58 bits per heavy atom. The van der Waals surface area contributed by atoms with Crippen molar-refractivity contribution in [3.63, 3.8) is 0 Å². The van der Waals surface area contributed by atoms with Gasteiger partial charge in [-0.2, -0.15) is 0 Å². The lowest BCUT2D eigenvalue weighted by atomic mass is 9.75. The van der Waals surface area contributed by atoms with Crippen LogP contribution in [0.3, 0.4) is 0 Å². The highest BCUT2D eigenvalue weighted by atomic mass is 16.5. The number of hydrogen-bond acceptors (Lipinski definition) is 2. The van der Waals surface area contributed by atoms with E-state index in [-0.39, 0.29) is 5.60 Å². The van der Waals surface area contributed by atoms with Crippen LogP contribution in [-0.2, 0) is 4.74 Å². The first-order valence-electron chi connectivity index (χ1n) is 8.31. The smallest absolute Gasteiger partial charge is 0.0623 e. The maximum atomic E-state index is 5.57. The first kappa shape index (κ1) is 17.0. The van der Waals surface area contributed by atoms with Crippen LogP contribution in [0, 0.1) is 11.8 Å². The second-order valence-electron chi connectivity index (χ2n) is 6.87. The van der Waals surface area contributed by atoms with Crippen molar-refractivity contribution in [2.45, 2.75) is 84.3 Å². The van der Waals surface area contributed by atoms with Gasteiger partial charge in [0, 0.05) is 13.2 Å². The van der Waals surface area contributed by atoms with Gasteiger partial charge < -0.3 is 10.1 Å². The van der Waals surface area contributed by atoms with Crippen molar-refractivity contribution in [1.29, 1.82) is 0 Å². The minimum Gasteiger partial charge on any atom is -0.379 e. The van der Waals surface area contributed by atoms with Crippen LogP contribution >= 0.6 is 0 Å². The van der Waals surface area contributed by atoms with E-state index in [0.29, 0.717) is 6.04 Å². The van der Waals surface area contributed by atoms with E-state index in [9.17, 15) is 0 Å². The predicted octanol–water partition coefficient (Wildman–Crippen LogP) is 4.39. The minimum atomic E-state index is 0.0203. The van der Waals surface area contributed by atoms with Crippen LogP contribution in [0.5, 0.6) is 0 Å². The highest BCUT2D eigenvalue weighted by Crippen LogP contribution is 2.34. The zero-order valence-corrected chi connectivity index (χ0v) is 13.8. The van der Waals surface area contributed by atoms with Crippen LogP contribution in [0.1, 0.15) is 72.6 Å². The Labute approximate surface area is 120 Å². The average molecular weight is 269 g/mol. The third kappa shape index (κ3) is 5.83. The highest BCUT2D eigenvalue weighted by molar-refractivity contribution is 4.84. The van der Waals surface area contributed by atoms with E-state index in [1.54, 1.807) is 0 Å². The molecule has 0 aromatic carbocycles. The maximum Gasteiger partial charge on any atom is 0.0623 e. The molecular weight excluding hydrogens is 234 g/mol. The van der Waals surface area contributed by atoms with Crippen LogP contribution in [0.4, 0.5) is 0 Å². The van der Waals surface area contributed by atoms with Crippen LogP contribution < -0.4 is 5.32 Å². The van der Waals surface area contributed by atoms with Gasteiger partial charge in [-0.1, -0.05) is 33.1 Å². The largest absolute Gasteiger partial charge is 0.379 e. The molecule has 0 amide bonds. The van der Waals surface area contributed by atoms with Gasteiger partial charge in [0.1, 0.15) is 0 Å². The number of methoxy groups -OCH3 is 1. The molecule has 114 valence electrons. The van der Waals surface area contributed by atoms with E-state index in [4.69, 9.17) is 4.74 Å². The summed E-state index contributed by atoms with van der Waals surface area (Å²) < 4.78 is 5.57. The monoisotopic (exact) mass is 269 g/mol. The van der Waals surface area contributed by atoms with Crippen LogP contribution in [0.2, 0.25) is 0 Å². The van der Waals surface area contributed by atoms with E-state index in [2.05, 4.69) is 33.0 Å². The number of hydrogen-bond donors (Lipinski definition) is 1. The number of ether oxygens (including phenoxy) is 1. The van der Waals surface area contributed by atoms with E-state index in [1.165, 1.54) is 38.5 Å². The highest BCUT2D eigenvalue weighted by Gasteiger charge is 2.28. The number of rotatable bonds is 8. The zero-order chi connectivity index (χ0) is 14.3. The molecule has 1 fully saturated rings. The normalized spacial score (nSPS) is 26.4. The van der Waals surface area contributed by atoms with Gasteiger partial charge in [-0.15, -0.1) is 0 Å². The Morgan fingerprint density at radius 2 is 2.00 bits per heavy atom. The molecule has 1 rings (SSSR count). The van der Waals surface area contributed by atoms with Gasteiger partial charge in [-0.25, -0.2) is 0 Å². The van der Waals surface area contributed by atoms with E-state index < -0.39 is 0 Å². The molecule has 0 saturated heterocycles. The summed E-state index contributed by atoms with van der Waals surface area (Å²) in [7, 11) is 1.83. The van der Waals surface area contributed by atoms with Gasteiger partial charge >= 0.3 is 0 Å². The van der Waals surface area contributed by atoms with Gasteiger partial charge in [0.2, 0.25) is 0 Å². The van der Waals surface area contributed by atoms with Gasteiger partial charge in [-0.05, 0) is 57.9 Å². The molecule has 1 aliphatic rings. The third-order valence-electron chi connectivity index (χ3n) is 5.05. The molecule has 3 unspecified atom stereocenters. The first-order valence-corrected chi connectivity index (χ1v) is 8.31. The standard InChI is InChI=1S/C17H35NO/c1-6-14-9-8-10-15(13-14)16(18-7-2)11-12-17(3,4)19-5/h14-16,18H,6-13H2,1-5H3. The maximum absolute atomic E-state index is 5.57. The van der Waals surface area contributed by atoms with Crippen molar-refractivity contribution in [1.82, 2.24) is 5.32 Å². The van der Waals surface area contributed by atoms with Crippen molar-refractivity contribution >= 4 is 0 Å². The summed E-state index contributed by atoms with van der Waals surface area (Å²) in [6.45, 7) is 10.1. The Morgan fingerprint density at radius 1 is 1.26 bits per heavy atom. The van der Waals surface area contributed by atoms with Crippen molar-refractivity contribution in [3.05, 3.63) is 0 Å². The molecule has 0 aliphatic heterocycles. The lowest BCUT2D eigenvalue weighted by Crippen LogP contribution is -2.40. The zero-order valence-electron chi connectivity index (χ0n) is 13.8. The number of nitrogens with one attached hydrogen (secondary N) is 1. The fourth-order valence-electron chi connectivity index (χ4n) is 3.44. The molecule has 0 spiro atoms. The molecule has 2 heteroatoms. The van der Waals surface area contributed by atoms with E-state index >= 15 is 0 Å². The summed E-state index contributed by atoms with van der Waals surface area (Å²) in [6, 6.07) is 0.689. The molecule has 2 nitrogen and oxygen atoms in total. The molecule has 1 N–H and O–H groups in total. The Hall–Kier alpha value is -0.0800. The molecule has 0 bridgehead atoms. The van der Waals surface area contributed by atoms with E-state index in [0.717, 1.165) is 24.8 Å². The van der Waals surface area contributed by atoms with Crippen LogP contribution in [-0.4, -0.2) is 25.3 Å². The fraction of sp³-hybridized carbons (Fsp3) is 1.00. The quantitative estimate of drug-likeness (QED) is 0.706. The molecule has 0 radical (unpaired) electrons.